The Hall–Kier alpha value is -1.22. The lowest BCUT2D eigenvalue weighted by atomic mass is 10.00. The maximum absolute atomic E-state index is 13.7. The molecule has 20 heavy (non-hydrogen) atoms. The first kappa shape index (κ1) is 13.7. The van der Waals surface area contributed by atoms with Gasteiger partial charge >= 0.3 is 0 Å². The highest BCUT2D eigenvalue weighted by molar-refractivity contribution is 9.09. The fraction of sp³-hybridized carbons (Fsp3) is 0.294. The minimum absolute atomic E-state index is 0.0696. The molecular weight excluding hydrogens is 322 g/mol. The SMILES string of the molecule is Fc1cccc(F)c1CC(Br)c1ccc2c(c1)CCC2. The first-order chi connectivity index (χ1) is 9.65. The van der Waals surface area contributed by atoms with E-state index in [1.807, 2.05) is 0 Å². The van der Waals surface area contributed by atoms with Crippen molar-refractivity contribution in [1.82, 2.24) is 0 Å². The number of hydrogen-bond donors (Lipinski definition) is 0. The lowest BCUT2D eigenvalue weighted by molar-refractivity contribution is 0.554. The summed E-state index contributed by atoms with van der Waals surface area (Å²) in [6.45, 7) is 0. The topological polar surface area (TPSA) is 0 Å². The van der Waals surface area contributed by atoms with Crippen LogP contribution in [0.25, 0.3) is 0 Å². The maximum Gasteiger partial charge on any atom is 0.129 e. The zero-order valence-electron chi connectivity index (χ0n) is 11.0. The molecule has 1 aliphatic rings. The Morgan fingerprint density at radius 2 is 1.70 bits per heavy atom. The lowest BCUT2D eigenvalue weighted by Gasteiger charge is -2.13. The Morgan fingerprint density at radius 3 is 2.45 bits per heavy atom. The van der Waals surface area contributed by atoms with Crippen LogP contribution in [0.5, 0.6) is 0 Å². The first-order valence-corrected chi connectivity index (χ1v) is 7.75. The van der Waals surface area contributed by atoms with Crippen LogP contribution in [0.4, 0.5) is 8.78 Å². The molecule has 0 saturated heterocycles. The number of benzene rings is 2. The maximum atomic E-state index is 13.7. The zero-order valence-corrected chi connectivity index (χ0v) is 12.6. The third-order valence-corrected chi connectivity index (χ3v) is 4.78. The van der Waals surface area contributed by atoms with Gasteiger partial charge in [0.1, 0.15) is 11.6 Å². The molecule has 0 radical (unpaired) electrons. The summed E-state index contributed by atoms with van der Waals surface area (Å²) in [6.07, 6.45) is 3.77. The minimum atomic E-state index is -0.476. The van der Waals surface area contributed by atoms with E-state index in [-0.39, 0.29) is 10.4 Å². The van der Waals surface area contributed by atoms with E-state index >= 15 is 0 Å². The number of hydrogen-bond acceptors (Lipinski definition) is 0. The van der Waals surface area contributed by atoms with E-state index in [1.165, 1.54) is 35.7 Å². The van der Waals surface area contributed by atoms with Crippen LogP contribution in [0.15, 0.2) is 36.4 Å². The van der Waals surface area contributed by atoms with Gasteiger partial charge in [-0.2, -0.15) is 0 Å². The van der Waals surface area contributed by atoms with Gasteiger partial charge in [0.15, 0.2) is 0 Å². The highest BCUT2D eigenvalue weighted by Gasteiger charge is 2.17. The van der Waals surface area contributed by atoms with Gasteiger partial charge < -0.3 is 0 Å². The summed E-state index contributed by atoms with van der Waals surface area (Å²) in [5.74, 6) is -0.953. The molecular formula is C17H15BrF2. The molecule has 0 N–H and O–H groups in total. The Bertz CT molecular complexity index is 617. The lowest BCUT2D eigenvalue weighted by Crippen LogP contribution is -2.02. The van der Waals surface area contributed by atoms with Crippen LogP contribution in [0.1, 0.15) is 33.5 Å². The van der Waals surface area contributed by atoms with Gasteiger partial charge in [0.25, 0.3) is 0 Å². The molecule has 0 heterocycles. The van der Waals surface area contributed by atoms with Gasteiger partial charge in [-0.15, -0.1) is 0 Å². The molecule has 3 heteroatoms. The van der Waals surface area contributed by atoms with Gasteiger partial charge in [0, 0.05) is 10.4 Å². The van der Waals surface area contributed by atoms with Crippen molar-refractivity contribution >= 4 is 15.9 Å². The van der Waals surface area contributed by atoms with Crippen molar-refractivity contribution in [2.75, 3.05) is 0 Å². The van der Waals surface area contributed by atoms with E-state index in [2.05, 4.69) is 34.1 Å². The minimum Gasteiger partial charge on any atom is -0.207 e. The van der Waals surface area contributed by atoms with Crippen molar-refractivity contribution in [1.29, 1.82) is 0 Å². The molecule has 0 amide bonds. The second-order valence-corrected chi connectivity index (χ2v) is 6.36. The number of alkyl halides is 1. The van der Waals surface area contributed by atoms with Gasteiger partial charge in [-0.3, -0.25) is 0 Å². The summed E-state index contributed by atoms with van der Waals surface area (Å²) < 4.78 is 27.4. The number of halogens is 3. The Balaban J connectivity index is 1.84. The van der Waals surface area contributed by atoms with Crippen LogP contribution in [0, 0.1) is 11.6 Å². The number of fused-ring (bicyclic) bond motifs is 1. The summed E-state index contributed by atoms with van der Waals surface area (Å²) in [7, 11) is 0. The average molecular weight is 337 g/mol. The summed E-state index contributed by atoms with van der Waals surface area (Å²) in [5, 5.41) is 0. The molecule has 0 aliphatic heterocycles. The van der Waals surface area contributed by atoms with E-state index in [0.29, 0.717) is 6.42 Å². The number of aryl methyl sites for hydroxylation is 2. The van der Waals surface area contributed by atoms with Crippen molar-refractivity contribution in [2.24, 2.45) is 0 Å². The molecule has 1 aliphatic carbocycles. The van der Waals surface area contributed by atoms with Crippen LogP contribution in [-0.2, 0) is 19.3 Å². The smallest absolute Gasteiger partial charge is 0.129 e. The van der Waals surface area contributed by atoms with E-state index in [1.54, 1.807) is 0 Å². The second kappa shape index (κ2) is 5.65. The number of rotatable bonds is 3. The fourth-order valence-corrected chi connectivity index (χ4v) is 3.42. The van der Waals surface area contributed by atoms with Gasteiger partial charge in [-0.1, -0.05) is 40.2 Å². The third kappa shape index (κ3) is 2.64. The Labute approximate surface area is 126 Å². The average Bonchev–Trinajstić information content (AvgIpc) is 2.90. The first-order valence-electron chi connectivity index (χ1n) is 6.84. The van der Waals surface area contributed by atoms with Crippen molar-refractivity contribution in [3.63, 3.8) is 0 Å². The van der Waals surface area contributed by atoms with Crippen LogP contribution in [0.2, 0.25) is 0 Å². The molecule has 0 nitrogen and oxygen atoms in total. The second-order valence-electron chi connectivity index (χ2n) is 5.25. The predicted molar refractivity (Wildman–Crippen MR) is 80.2 cm³/mol. The largest absolute Gasteiger partial charge is 0.207 e. The highest BCUT2D eigenvalue weighted by Crippen LogP contribution is 2.32. The van der Waals surface area contributed by atoms with E-state index in [9.17, 15) is 8.78 Å². The van der Waals surface area contributed by atoms with Crippen molar-refractivity contribution < 1.29 is 8.78 Å². The van der Waals surface area contributed by atoms with E-state index < -0.39 is 11.6 Å². The molecule has 0 spiro atoms. The zero-order chi connectivity index (χ0) is 14.1. The molecule has 3 rings (SSSR count). The molecule has 0 aromatic heterocycles. The standard InChI is InChI=1S/C17H15BrF2/c18-15(10-14-16(19)5-2-6-17(14)20)13-8-7-11-3-1-4-12(11)9-13/h2,5-9,15H,1,3-4,10H2. The van der Waals surface area contributed by atoms with Crippen LogP contribution in [0.3, 0.4) is 0 Å². The van der Waals surface area contributed by atoms with Gasteiger partial charge in [0.2, 0.25) is 0 Å². The Morgan fingerprint density at radius 1 is 1.00 bits per heavy atom. The molecule has 0 bridgehead atoms. The highest BCUT2D eigenvalue weighted by atomic mass is 79.9. The molecule has 104 valence electrons. The molecule has 0 fully saturated rings. The normalized spacial score (nSPS) is 15.2. The van der Waals surface area contributed by atoms with Crippen molar-refractivity contribution in [3.8, 4) is 0 Å². The summed E-state index contributed by atoms with van der Waals surface area (Å²) in [5.41, 5.74) is 4.02. The molecule has 2 aromatic carbocycles. The molecule has 0 saturated carbocycles. The monoisotopic (exact) mass is 336 g/mol. The van der Waals surface area contributed by atoms with E-state index in [4.69, 9.17) is 0 Å². The molecule has 2 aromatic rings. The van der Waals surface area contributed by atoms with Gasteiger partial charge in [-0.05, 0) is 54.5 Å². The van der Waals surface area contributed by atoms with Crippen molar-refractivity contribution in [2.45, 2.75) is 30.5 Å². The van der Waals surface area contributed by atoms with Gasteiger partial charge in [-0.25, -0.2) is 8.78 Å². The third-order valence-electron chi connectivity index (χ3n) is 3.93. The van der Waals surface area contributed by atoms with Gasteiger partial charge in [0.05, 0.1) is 0 Å². The molecule has 1 atom stereocenters. The Kier molecular flexibility index (Phi) is 3.88. The summed E-state index contributed by atoms with van der Waals surface area (Å²) in [4.78, 5) is -0.0696. The predicted octanol–water partition coefficient (Wildman–Crippen LogP) is 5.13. The molecule has 1 unspecified atom stereocenters. The fourth-order valence-electron chi connectivity index (χ4n) is 2.81. The summed E-state index contributed by atoms with van der Waals surface area (Å²) >= 11 is 3.57. The summed E-state index contributed by atoms with van der Waals surface area (Å²) in [6, 6.07) is 10.4. The van der Waals surface area contributed by atoms with E-state index in [0.717, 1.165) is 18.4 Å². The quantitative estimate of drug-likeness (QED) is 0.681. The van der Waals surface area contributed by atoms with Crippen molar-refractivity contribution in [3.05, 3.63) is 70.3 Å². The van der Waals surface area contributed by atoms with Crippen LogP contribution in [-0.4, -0.2) is 0 Å². The van der Waals surface area contributed by atoms with Crippen LogP contribution < -0.4 is 0 Å². The van der Waals surface area contributed by atoms with Crippen LogP contribution >= 0.6 is 15.9 Å².